The third-order valence-electron chi connectivity index (χ3n) is 4.12. The van der Waals surface area contributed by atoms with E-state index in [0.29, 0.717) is 13.2 Å². The summed E-state index contributed by atoms with van der Waals surface area (Å²) < 4.78 is 11.1. The molecule has 1 heterocycles. The number of hydrogen-bond donors (Lipinski definition) is 2. The number of aromatic amines is 1. The van der Waals surface area contributed by atoms with Crippen LogP contribution in [0.3, 0.4) is 0 Å². The number of nitrogens with one attached hydrogen (secondary N) is 1. The lowest BCUT2D eigenvalue weighted by molar-refractivity contribution is 0.310. The molecule has 0 aliphatic heterocycles. The van der Waals surface area contributed by atoms with Gasteiger partial charge in [0.25, 0.3) is 0 Å². The largest absolute Gasteiger partial charge is 0.493 e. The minimum Gasteiger partial charge on any atom is -0.493 e. The van der Waals surface area contributed by atoms with Crippen LogP contribution >= 0.6 is 0 Å². The quantitative estimate of drug-likeness (QED) is 0.730. The Morgan fingerprint density at radius 2 is 1.96 bits per heavy atom. The molecule has 2 aromatic carbocycles. The number of nitrogens with two attached hydrogens (primary N) is 1. The minimum absolute atomic E-state index is 0.107. The van der Waals surface area contributed by atoms with Crippen LogP contribution in [-0.4, -0.2) is 25.2 Å². The molecule has 120 valence electrons. The summed E-state index contributed by atoms with van der Waals surface area (Å²) in [6.07, 6.45) is 2.05. The van der Waals surface area contributed by atoms with Crippen LogP contribution in [0.15, 0.2) is 48.7 Å². The van der Waals surface area contributed by atoms with E-state index in [1.54, 1.807) is 7.11 Å². The number of H-pyrrole nitrogens is 1. The fourth-order valence-electron chi connectivity index (χ4n) is 3.00. The van der Waals surface area contributed by atoms with Gasteiger partial charge in [-0.25, -0.2) is 0 Å². The van der Waals surface area contributed by atoms with Crippen molar-refractivity contribution in [2.24, 2.45) is 5.73 Å². The Bertz CT molecular complexity index is 795. The molecule has 3 aromatic rings. The number of aromatic nitrogens is 1. The van der Waals surface area contributed by atoms with Gasteiger partial charge >= 0.3 is 0 Å². The van der Waals surface area contributed by atoms with E-state index in [-0.39, 0.29) is 5.92 Å². The van der Waals surface area contributed by atoms with Crippen molar-refractivity contribution >= 4 is 10.9 Å². The van der Waals surface area contributed by atoms with Gasteiger partial charge in [0.2, 0.25) is 0 Å². The van der Waals surface area contributed by atoms with Gasteiger partial charge in [-0.1, -0.05) is 24.3 Å². The number of fused-ring (bicyclic) bond motifs is 1. The second-order valence-corrected chi connectivity index (χ2v) is 5.42. The molecule has 0 saturated carbocycles. The van der Waals surface area contributed by atoms with E-state index >= 15 is 0 Å². The number of hydrogen-bond acceptors (Lipinski definition) is 3. The average molecular weight is 310 g/mol. The van der Waals surface area contributed by atoms with Crippen LogP contribution in [0.5, 0.6) is 11.5 Å². The van der Waals surface area contributed by atoms with Crippen molar-refractivity contribution in [1.82, 2.24) is 4.98 Å². The summed E-state index contributed by atoms with van der Waals surface area (Å²) in [5, 5.41) is 1.20. The van der Waals surface area contributed by atoms with Gasteiger partial charge in [0.15, 0.2) is 11.5 Å². The van der Waals surface area contributed by atoms with Crippen molar-refractivity contribution in [1.29, 1.82) is 0 Å². The zero-order valence-corrected chi connectivity index (χ0v) is 13.5. The molecular weight excluding hydrogens is 288 g/mol. The highest BCUT2D eigenvalue weighted by molar-refractivity contribution is 5.84. The first-order valence-corrected chi connectivity index (χ1v) is 7.85. The fourth-order valence-corrected chi connectivity index (χ4v) is 3.00. The standard InChI is InChI=1S/C19H22N2O2/c1-3-23-18-9-8-13(10-19(18)22-2)15(11-20)16-12-21-17-7-5-4-6-14(16)17/h4-10,12,15,21H,3,11,20H2,1-2H3/t15-/m0/s1. The number of methoxy groups -OCH3 is 1. The van der Waals surface area contributed by atoms with Gasteiger partial charge in [0, 0.05) is 29.6 Å². The van der Waals surface area contributed by atoms with Gasteiger partial charge in [0.05, 0.1) is 13.7 Å². The topological polar surface area (TPSA) is 60.3 Å². The van der Waals surface area contributed by atoms with Crippen molar-refractivity contribution in [3.8, 4) is 11.5 Å². The summed E-state index contributed by atoms with van der Waals surface area (Å²) in [5.41, 5.74) is 9.54. The maximum Gasteiger partial charge on any atom is 0.161 e. The molecule has 4 nitrogen and oxygen atoms in total. The van der Waals surface area contributed by atoms with E-state index in [2.05, 4.69) is 23.2 Å². The molecule has 0 saturated heterocycles. The van der Waals surface area contributed by atoms with Crippen LogP contribution in [0.4, 0.5) is 0 Å². The lowest BCUT2D eigenvalue weighted by Crippen LogP contribution is -2.13. The van der Waals surface area contributed by atoms with Crippen LogP contribution in [0, 0.1) is 0 Å². The molecule has 4 heteroatoms. The molecule has 3 N–H and O–H groups in total. The second-order valence-electron chi connectivity index (χ2n) is 5.42. The van der Waals surface area contributed by atoms with Crippen molar-refractivity contribution in [2.45, 2.75) is 12.8 Å². The Labute approximate surface area is 136 Å². The Morgan fingerprint density at radius 1 is 1.13 bits per heavy atom. The molecule has 0 amide bonds. The Balaban J connectivity index is 2.04. The van der Waals surface area contributed by atoms with E-state index in [4.69, 9.17) is 15.2 Å². The van der Waals surface area contributed by atoms with Crippen LogP contribution in [0.2, 0.25) is 0 Å². The molecule has 0 fully saturated rings. The van der Waals surface area contributed by atoms with Crippen LogP contribution < -0.4 is 15.2 Å². The lowest BCUT2D eigenvalue weighted by atomic mass is 9.91. The van der Waals surface area contributed by atoms with Crippen LogP contribution in [0.1, 0.15) is 24.0 Å². The lowest BCUT2D eigenvalue weighted by Gasteiger charge is -2.17. The molecule has 1 atom stereocenters. The highest BCUT2D eigenvalue weighted by atomic mass is 16.5. The molecular formula is C19H22N2O2. The van der Waals surface area contributed by atoms with E-state index in [1.807, 2.05) is 37.4 Å². The molecule has 0 bridgehead atoms. The fraction of sp³-hybridized carbons (Fsp3) is 0.263. The number of rotatable bonds is 6. The first kappa shape index (κ1) is 15.4. The maximum atomic E-state index is 6.09. The van der Waals surface area contributed by atoms with Crippen molar-refractivity contribution in [3.63, 3.8) is 0 Å². The molecule has 23 heavy (non-hydrogen) atoms. The van der Waals surface area contributed by atoms with E-state index in [9.17, 15) is 0 Å². The van der Waals surface area contributed by atoms with Crippen LogP contribution in [-0.2, 0) is 0 Å². The molecule has 0 spiro atoms. The zero-order chi connectivity index (χ0) is 16.2. The molecule has 0 aliphatic carbocycles. The summed E-state index contributed by atoms with van der Waals surface area (Å²) in [5.74, 6) is 1.60. The van der Waals surface area contributed by atoms with Gasteiger partial charge in [-0.2, -0.15) is 0 Å². The summed E-state index contributed by atoms with van der Waals surface area (Å²) in [7, 11) is 1.66. The van der Waals surface area contributed by atoms with E-state index in [1.165, 1.54) is 10.9 Å². The SMILES string of the molecule is CCOc1ccc([C@H](CN)c2c[nH]c3ccccc23)cc1OC. The smallest absolute Gasteiger partial charge is 0.161 e. The predicted octanol–water partition coefficient (Wildman–Crippen LogP) is 3.67. The van der Waals surface area contributed by atoms with Gasteiger partial charge in [-0.15, -0.1) is 0 Å². The van der Waals surface area contributed by atoms with E-state index in [0.717, 1.165) is 22.6 Å². The molecule has 0 aliphatic rings. The van der Waals surface area contributed by atoms with Crippen molar-refractivity contribution in [2.75, 3.05) is 20.3 Å². The Kier molecular flexibility index (Phi) is 4.53. The number of ether oxygens (including phenoxy) is 2. The Morgan fingerprint density at radius 3 is 2.70 bits per heavy atom. The monoisotopic (exact) mass is 310 g/mol. The molecule has 0 unspecified atom stereocenters. The second kappa shape index (κ2) is 6.75. The van der Waals surface area contributed by atoms with Gasteiger partial charge in [-0.05, 0) is 36.2 Å². The summed E-state index contributed by atoms with van der Waals surface area (Å²) >= 11 is 0. The predicted molar refractivity (Wildman–Crippen MR) is 93.4 cm³/mol. The maximum absolute atomic E-state index is 6.09. The highest BCUT2D eigenvalue weighted by Crippen LogP contribution is 2.35. The third-order valence-corrected chi connectivity index (χ3v) is 4.12. The van der Waals surface area contributed by atoms with Crippen molar-refractivity contribution in [3.05, 3.63) is 59.8 Å². The zero-order valence-electron chi connectivity index (χ0n) is 13.5. The number of benzene rings is 2. The first-order valence-electron chi connectivity index (χ1n) is 7.85. The first-order chi connectivity index (χ1) is 11.3. The molecule has 1 aromatic heterocycles. The van der Waals surface area contributed by atoms with Gasteiger partial charge in [-0.3, -0.25) is 0 Å². The summed E-state index contributed by atoms with van der Waals surface area (Å²) in [4.78, 5) is 3.32. The highest BCUT2D eigenvalue weighted by Gasteiger charge is 2.18. The average Bonchev–Trinajstić information content (AvgIpc) is 3.01. The normalized spacial score (nSPS) is 12.3. The summed E-state index contributed by atoms with van der Waals surface area (Å²) in [6, 6.07) is 14.3. The van der Waals surface area contributed by atoms with E-state index < -0.39 is 0 Å². The molecule has 3 rings (SSSR count). The van der Waals surface area contributed by atoms with Crippen LogP contribution in [0.25, 0.3) is 10.9 Å². The van der Waals surface area contributed by atoms with Crippen molar-refractivity contribution < 1.29 is 9.47 Å². The van der Waals surface area contributed by atoms with Gasteiger partial charge in [0.1, 0.15) is 0 Å². The number of para-hydroxylation sites is 1. The third kappa shape index (κ3) is 2.90. The minimum atomic E-state index is 0.107. The summed E-state index contributed by atoms with van der Waals surface area (Å²) in [6.45, 7) is 3.10. The van der Waals surface area contributed by atoms with Gasteiger partial charge < -0.3 is 20.2 Å². The Hall–Kier alpha value is -2.46. The molecule has 0 radical (unpaired) electrons.